The van der Waals surface area contributed by atoms with Crippen molar-refractivity contribution in [3.05, 3.63) is 30.1 Å². The van der Waals surface area contributed by atoms with Crippen LogP contribution in [-0.4, -0.2) is 23.5 Å². The molecule has 3 heteroatoms. The predicted octanol–water partition coefficient (Wildman–Crippen LogP) is 2.21. The van der Waals surface area contributed by atoms with Gasteiger partial charge in [-0.1, -0.05) is 6.07 Å². The Morgan fingerprint density at radius 2 is 2.38 bits per heavy atom. The minimum atomic E-state index is 0.297. The van der Waals surface area contributed by atoms with Crippen LogP contribution in [0.2, 0.25) is 0 Å². The van der Waals surface area contributed by atoms with Gasteiger partial charge in [0.25, 0.3) is 0 Å². The lowest BCUT2D eigenvalue weighted by atomic mass is 10.0. The molecular formula is C13H17N3. The second kappa shape index (κ2) is 4.63. The van der Waals surface area contributed by atoms with E-state index >= 15 is 0 Å². The first kappa shape index (κ1) is 11.1. The van der Waals surface area contributed by atoms with Crippen molar-refractivity contribution in [1.29, 1.82) is 5.26 Å². The van der Waals surface area contributed by atoms with Gasteiger partial charge in [0.05, 0.1) is 6.07 Å². The normalized spacial score (nSPS) is 17.1. The summed E-state index contributed by atoms with van der Waals surface area (Å²) in [6.07, 6.45) is 6.81. The molecular weight excluding hydrogens is 198 g/mol. The minimum absolute atomic E-state index is 0.297. The Balaban J connectivity index is 1.86. The van der Waals surface area contributed by atoms with Crippen LogP contribution in [0.1, 0.15) is 24.8 Å². The number of pyridine rings is 1. The lowest BCUT2D eigenvalue weighted by Gasteiger charge is -2.21. The molecule has 0 N–H and O–H groups in total. The molecule has 1 fully saturated rings. The maximum atomic E-state index is 8.77. The highest BCUT2D eigenvalue weighted by atomic mass is 15.1. The van der Waals surface area contributed by atoms with Gasteiger partial charge in [0.2, 0.25) is 0 Å². The van der Waals surface area contributed by atoms with Crippen molar-refractivity contribution in [1.82, 2.24) is 9.88 Å². The first-order chi connectivity index (χ1) is 7.74. The zero-order chi connectivity index (χ0) is 11.4. The summed E-state index contributed by atoms with van der Waals surface area (Å²) in [5.74, 6) is 0. The lowest BCUT2D eigenvalue weighted by molar-refractivity contribution is 0.257. The van der Waals surface area contributed by atoms with E-state index in [2.05, 4.69) is 29.1 Å². The molecule has 0 aromatic carbocycles. The average Bonchev–Trinajstić information content (AvgIpc) is 2.99. The molecule has 1 aromatic rings. The quantitative estimate of drug-likeness (QED) is 0.756. The molecule has 0 aliphatic heterocycles. The summed E-state index contributed by atoms with van der Waals surface area (Å²) in [6.45, 7) is 1.94. The van der Waals surface area contributed by atoms with E-state index in [1.807, 2.05) is 12.3 Å². The van der Waals surface area contributed by atoms with Gasteiger partial charge in [-0.3, -0.25) is 4.98 Å². The highest BCUT2D eigenvalue weighted by Crippen LogP contribution is 2.49. The Hall–Kier alpha value is -1.40. The summed E-state index contributed by atoms with van der Waals surface area (Å²) in [5, 5.41) is 8.77. The van der Waals surface area contributed by atoms with Gasteiger partial charge in [0, 0.05) is 31.9 Å². The van der Waals surface area contributed by atoms with E-state index in [1.54, 1.807) is 6.20 Å². The number of aromatic nitrogens is 1. The molecule has 1 aromatic heterocycles. The van der Waals surface area contributed by atoms with Crippen LogP contribution in [0.3, 0.4) is 0 Å². The van der Waals surface area contributed by atoms with Gasteiger partial charge in [-0.05, 0) is 36.9 Å². The first-order valence-electron chi connectivity index (χ1n) is 5.69. The van der Waals surface area contributed by atoms with Crippen molar-refractivity contribution in [2.75, 3.05) is 13.6 Å². The van der Waals surface area contributed by atoms with Gasteiger partial charge in [-0.2, -0.15) is 5.26 Å². The van der Waals surface area contributed by atoms with E-state index < -0.39 is 0 Å². The van der Waals surface area contributed by atoms with E-state index in [4.69, 9.17) is 5.26 Å². The fourth-order valence-electron chi connectivity index (χ4n) is 2.17. The van der Waals surface area contributed by atoms with E-state index in [1.165, 1.54) is 18.4 Å². The van der Waals surface area contributed by atoms with Crippen LogP contribution in [0.4, 0.5) is 0 Å². The summed E-state index contributed by atoms with van der Waals surface area (Å²) < 4.78 is 0. The van der Waals surface area contributed by atoms with Crippen molar-refractivity contribution < 1.29 is 0 Å². The fourth-order valence-corrected chi connectivity index (χ4v) is 2.17. The summed E-state index contributed by atoms with van der Waals surface area (Å²) >= 11 is 0. The van der Waals surface area contributed by atoms with Crippen LogP contribution in [-0.2, 0) is 6.54 Å². The van der Waals surface area contributed by atoms with E-state index in [9.17, 15) is 0 Å². The Kier molecular flexibility index (Phi) is 3.21. The first-order valence-corrected chi connectivity index (χ1v) is 5.69. The Morgan fingerprint density at radius 3 is 2.94 bits per heavy atom. The summed E-state index contributed by atoms with van der Waals surface area (Å²) in [6, 6.07) is 6.35. The largest absolute Gasteiger partial charge is 0.301 e. The van der Waals surface area contributed by atoms with Gasteiger partial charge in [0.15, 0.2) is 0 Å². The Morgan fingerprint density at radius 1 is 1.56 bits per heavy atom. The van der Waals surface area contributed by atoms with Crippen LogP contribution >= 0.6 is 0 Å². The van der Waals surface area contributed by atoms with Crippen LogP contribution in [0.25, 0.3) is 0 Å². The van der Waals surface area contributed by atoms with Crippen molar-refractivity contribution in [3.8, 4) is 6.07 Å². The molecule has 0 amide bonds. The molecule has 0 atom stereocenters. The molecule has 0 unspecified atom stereocenters. The number of hydrogen-bond donors (Lipinski definition) is 0. The second-order valence-corrected chi connectivity index (χ2v) is 4.87. The number of hydrogen-bond acceptors (Lipinski definition) is 3. The number of rotatable bonds is 5. The number of nitrogens with zero attached hydrogens (tertiary/aromatic N) is 3. The Bertz CT molecular complexity index is 376. The van der Waals surface area contributed by atoms with Gasteiger partial charge in [-0.15, -0.1) is 0 Å². The zero-order valence-electron chi connectivity index (χ0n) is 9.69. The molecule has 84 valence electrons. The van der Waals surface area contributed by atoms with Crippen molar-refractivity contribution >= 4 is 0 Å². The molecule has 0 spiro atoms. The topological polar surface area (TPSA) is 39.9 Å². The minimum Gasteiger partial charge on any atom is -0.301 e. The monoisotopic (exact) mass is 215 g/mol. The highest BCUT2D eigenvalue weighted by Gasteiger charge is 2.42. The maximum Gasteiger partial charge on any atom is 0.0628 e. The maximum absolute atomic E-state index is 8.77. The molecule has 1 saturated carbocycles. The summed E-state index contributed by atoms with van der Waals surface area (Å²) in [5.41, 5.74) is 1.53. The molecule has 1 heterocycles. The molecule has 0 saturated heterocycles. The smallest absolute Gasteiger partial charge is 0.0628 e. The molecule has 0 bridgehead atoms. The molecule has 16 heavy (non-hydrogen) atoms. The van der Waals surface area contributed by atoms with Crippen LogP contribution < -0.4 is 0 Å². The average molecular weight is 215 g/mol. The van der Waals surface area contributed by atoms with Crippen molar-refractivity contribution in [2.45, 2.75) is 25.8 Å². The van der Waals surface area contributed by atoms with E-state index in [-0.39, 0.29) is 0 Å². The highest BCUT2D eigenvalue weighted by molar-refractivity contribution is 5.09. The van der Waals surface area contributed by atoms with E-state index in [0.717, 1.165) is 13.1 Å². The van der Waals surface area contributed by atoms with Crippen LogP contribution in [0, 0.1) is 16.7 Å². The zero-order valence-corrected chi connectivity index (χ0v) is 9.69. The summed E-state index contributed by atoms with van der Waals surface area (Å²) in [4.78, 5) is 6.40. The van der Waals surface area contributed by atoms with Gasteiger partial charge in [-0.25, -0.2) is 0 Å². The summed E-state index contributed by atoms with van der Waals surface area (Å²) in [7, 11) is 2.12. The number of nitriles is 1. The molecule has 3 nitrogen and oxygen atoms in total. The predicted molar refractivity (Wildman–Crippen MR) is 62.5 cm³/mol. The van der Waals surface area contributed by atoms with Gasteiger partial charge >= 0.3 is 0 Å². The SMILES string of the molecule is CN(Cc1cccnc1)CC1(CC#N)CC1. The van der Waals surface area contributed by atoms with Gasteiger partial charge < -0.3 is 4.90 Å². The molecule has 1 aliphatic rings. The fraction of sp³-hybridized carbons (Fsp3) is 0.538. The molecule has 2 rings (SSSR count). The van der Waals surface area contributed by atoms with Crippen molar-refractivity contribution in [2.24, 2.45) is 5.41 Å². The second-order valence-electron chi connectivity index (χ2n) is 4.87. The van der Waals surface area contributed by atoms with Crippen molar-refractivity contribution in [3.63, 3.8) is 0 Å². The van der Waals surface area contributed by atoms with Gasteiger partial charge in [0.1, 0.15) is 0 Å². The third kappa shape index (κ3) is 2.80. The Labute approximate surface area is 96.7 Å². The molecule has 1 aliphatic carbocycles. The standard InChI is InChI=1S/C13H17N3/c1-16(10-12-3-2-8-15-9-12)11-13(4-5-13)6-7-14/h2-3,8-9H,4-6,10-11H2,1H3. The third-order valence-corrected chi connectivity index (χ3v) is 3.19. The lowest BCUT2D eigenvalue weighted by Crippen LogP contribution is -2.26. The van der Waals surface area contributed by atoms with Crippen LogP contribution in [0.15, 0.2) is 24.5 Å². The van der Waals surface area contributed by atoms with Crippen LogP contribution in [0.5, 0.6) is 0 Å². The third-order valence-electron chi connectivity index (χ3n) is 3.19. The molecule has 0 radical (unpaired) electrons. The van der Waals surface area contributed by atoms with E-state index in [0.29, 0.717) is 11.8 Å².